The van der Waals surface area contributed by atoms with E-state index in [9.17, 15) is 13.2 Å². The third-order valence-electron chi connectivity index (χ3n) is 4.82. The third kappa shape index (κ3) is 6.38. The van der Waals surface area contributed by atoms with E-state index in [1.165, 1.54) is 4.31 Å². The van der Waals surface area contributed by atoms with Crippen molar-refractivity contribution in [1.29, 1.82) is 0 Å². The molecule has 0 saturated carbocycles. The predicted molar refractivity (Wildman–Crippen MR) is 122 cm³/mol. The van der Waals surface area contributed by atoms with Crippen LogP contribution in [-0.2, 0) is 14.8 Å². The van der Waals surface area contributed by atoms with Crippen LogP contribution in [0, 0.1) is 0 Å². The van der Waals surface area contributed by atoms with Gasteiger partial charge in [-0.2, -0.15) is 0 Å². The summed E-state index contributed by atoms with van der Waals surface area (Å²) in [6.07, 6.45) is 2.21. The highest BCUT2D eigenvalue weighted by molar-refractivity contribution is 7.92. The lowest BCUT2D eigenvalue weighted by Crippen LogP contribution is -2.49. The number of methoxy groups -OCH3 is 1. The van der Waals surface area contributed by atoms with Gasteiger partial charge in [-0.15, -0.1) is 0 Å². The first-order valence-electron chi connectivity index (χ1n) is 9.95. The zero-order chi connectivity index (χ0) is 22.1. The highest BCUT2D eigenvalue weighted by Crippen LogP contribution is 2.25. The zero-order valence-electron chi connectivity index (χ0n) is 18.0. The Morgan fingerprint density at radius 3 is 2.23 bits per heavy atom. The molecule has 2 aromatic rings. The summed E-state index contributed by atoms with van der Waals surface area (Å²) in [4.78, 5) is 14.9. The molecular weight excluding hydrogens is 402 g/mol. The van der Waals surface area contributed by atoms with Gasteiger partial charge in [0.2, 0.25) is 15.9 Å². The van der Waals surface area contributed by atoms with Gasteiger partial charge in [0.15, 0.2) is 0 Å². The lowest BCUT2D eigenvalue weighted by molar-refractivity contribution is -0.122. The predicted octanol–water partition coefficient (Wildman–Crippen LogP) is 2.88. The van der Waals surface area contributed by atoms with Gasteiger partial charge < -0.3 is 15.0 Å². The minimum absolute atomic E-state index is 0.305. The number of rotatable bonds is 11. The number of hydrogen-bond acceptors (Lipinski definition) is 5. The number of anilines is 2. The number of nitrogens with one attached hydrogen (secondary N) is 1. The van der Waals surface area contributed by atoms with Crippen LogP contribution in [0.4, 0.5) is 11.4 Å². The van der Waals surface area contributed by atoms with E-state index in [2.05, 4.69) is 10.2 Å². The molecule has 0 fully saturated rings. The number of ether oxygens (including phenoxy) is 1. The second-order valence-electron chi connectivity index (χ2n) is 7.08. The van der Waals surface area contributed by atoms with Crippen LogP contribution in [0.2, 0.25) is 0 Å². The van der Waals surface area contributed by atoms with Crippen molar-refractivity contribution in [3.8, 4) is 5.75 Å². The van der Waals surface area contributed by atoms with Crippen LogP contribution < -0.4 is 19.3 Å². The van der Waals surface area contributed by atoms with E-state index in [4.69, 9.17) is 4.74 Å². The number of carbonyl (C=O) groups excluding carboxylic acids is 1. The summed E-state index contributed by atoms with van der Waals surface area (Å²) < 4.78 is 31.3. The summed E-state index contributed by atoms with van der Waals surface area (Å²) in [5.41, 5.74) is 1.54. The molecule has 164 valence electrons. The van der Waals surface area contributed by atoms with Crippen molar-refractivity contribution in [2.75, 3.05) is 42.7 Å². The lowest BCUT2D eigenvalue weighted by atomic mass is 10.2. The Bertz CT molecular complexity index is 902. The average molecular weight is 434 g/mol. The summed E-state index contributed by atoms with van der Waals surface area (Å²) in [5, 5.41) is 2.89. The molecule has 2 aromatic carbocycles. The van der Waals surface area contributed by atoms with Crippen molar-refractivity contribution in [3.05, 3.63) is 54.6 Å². The molecule has 1 atom stereocenters. The highest BCUT2D eigenvalue weighted by atomic mass is 32.2. The second-order valence-corrected chi connectivity index (χ2v) is 8.94. The van der Waals surface area contributed by atoms with Crippen molar-refractivity contribution >= 4 is 27.3 Å². The van der Waals surface area contributed by atoms with Crippen LogP contribution in [-0.4, -0.2) is 53.9 Å². The van der Waals surface area contributed by atoms with Crippen LogP contribution in [0.5, 0.6) is 5.75 Å². The summed E-state index contributed by atoms with van der Waals surface area (Å²) >= 11 is 0. The van der Waals surface area contributed by atoms with Gasteiger partial charge in [0.05, 0.1) is 19.1 Å². The molecule has 0 aliphatic rings. The fraction of sp³-hybridized carbons (Fsp3) is 0.409. The van der Waals surface area contributed by atoms with Crippen molar-refractivity contribution in [2.45, 2.75) is 25.8 Å². The normalized spacial score (nSPS) is 12.1. The molecule has 0 saturated heterocycles. The fourth-order valence-electron chi connectivity index (χ4n) is 3.25. The lowest BCUT2D eigenvalue weighted by Gasteiger charge is -2.30. The molecule has 1 unspecified atom stereocenters. The first-order chi connectivity index (χ1) is 14.3. The first-order valence-corrected chi connectivity index (χ1v) is 11.8. The number of hydrogen-bond donors (Lipinski definition) is 1. The fourth-order valence-corrected chi connectivity index (χ4v) is 4.46. The quantitative estimate of drug-likeness (QED) is 0.551. The first kappa shape index (κ1) is 23.5. The maximum absolute atomic E-state index is 12.8. The molecule has 1 N–H and O–H groups in total. The van der Waals surface area contributed by atoms with Crippen LogP contribution in [0.3, 0.4) is 0 Å². The van der Waals surface area contributed by atoms with E-state index < -0.39 is 16.1 Å². The van der Waals surface area contributed by atoms with E-state index in [-0.39, 0.29) is 5.91 Å². The summed E-state index contributed by atoms with van der Waals surface area (Å²) in [6.45, 7) is 3.04. The molecule has 0 aromatic heterocycles. The Balaban J connectivity index is 2.01. The number of para-hydroxylation sites is 1. The van der Waals surface area contributed by atoms with Gasteiger partial charge in [-0.25, -0.2) is 8.42 Å². The molecule has 0 radical (unpaired) electrons. The minimum Gasteiger partial charge on any atom is -0.497 e. The largest absolute Gasteiger partial charge is 0.497 e. The summed E-state index contributed by atoms with van der Waals surface area (Å²) in [5.74, 6) is 0.313. The van der Waals surface area contributed by atoms with Gasteiger partial charge in [-0.1, -0.05) is 25.1 Å². The van der Waals surface area contributed by atoms with Crippen molar-refractivity contribution in [2.24, 2.45) is 0 Å². The van der Waals surface area contributed by atoms with E-state index in [1.807, 2.05) is 37.4 Å². The smallest absolute Gasteiger partial charge is 0.243 e. The standard InChI is InChI=1S/C22H31N3O4S/c1-5-21(25(30(4,27)28)19-12-14-20(29-3)15-13-19)22(26)23-16-9-17-24(2)18-10-7-6-8-11-18/h6-8,10-15,21H,5,9,16-17H2,1-4H3,(H,23,26). The monoisotopic (exact) mass is 433 g/mol. The third-order valence-corrected chi connectivity index (χ3v) is 6.00. The Morgan fingerprint density at radius 1 is 1.07 bits per heavy atom. The Morgan fingerprint density at radius 2 is 1.70 bits per heavy atom. The Kier molecular flexibility index (Phi) is 8.53. The van der Waals surface area contributed by atoms with Crippen LogP contribution >= 0.6 is 0 Å². The zero-order valence-corrected chi connectivity index (χ0v) is 18.9. The van der Waals surface area contributed by atoms with Gasteiger partial charge >= 0.3 is 0 Å². The van der Waals surface area contributed by atoms with Gasteiger partial charge in [0, 0.05) is 25.8 Å². The van der Waals surface area contributed by atoms with Crippen LogP contribution in [0.15, 0.2) is 54.6 Å². The Hall–Kier alpha value is -2.74. The van der Waals surface area contributed by atoms with Crippen LogP contribution in [0.25, 0.3) is 0 Å². The average Bonchev–Trinajstić information content (AvgIpc) is 2.74. The van der Waals surface area contributed by atoms with Crippen molar-refractivity contribution in [1.82, 2.24) is 5.32 Å². The van der Waals surface area contributed by atoms with E-state index in [0.717, 1.165) is 24.9 Å². The molecule has 8 heteroatoms. The number of benzene rings is 2. The topological polar surface area (TPSA) is 79.0 Å². The van der Waals surface area contributed by atoms with E-state index in [1.54, 1.807) is 38.3 Å². The van der Waals surface area contributed by atoms with E-state index in [0.29, 0.717) is 24.4 Å². The molecular formula is C22H31N3O4S. The maximum Gasteiger partial charge on any atom is 0.243 e. The van der Waals surface area contributed by atoms with Crippen molar-refractivity contribution < 1.29 is 17.9 Å². The molecule has 1 amide bonds. The molecule has 2 rings (SSSR count). The van der Waals surface area contributed by atoms with Gasteiger partial charge in [0.1, 0.15) is 11.8 Å². The summed E-state index contributed by atoms with van der Waals surface area (Å²) in [6, 6.07) is 15.8. The van der Waals surface area contributed by atoms with E-state index >= 15 is 0 Å². The molecule has 0 heterocycles. The number of amides is 1. The maximum atomic E-state index is 12.8. The van der Waals surface area contributed by atoms with Crippen molar-refractivity contribution in [3.63, 3.8) is 0 Å². The minimum atomic E-state index is -3.65. The molecule has 0 bridgehead atoms. The molecule has 30 heavy (non-hydrogen) atoms. The SMILES string of the molecule is CCC(C(=O)NCCCN(C)c1ccccc1)N(c1ccc(OC)cc1)S(C)(=O)=O. The van der Waals surface area contributed by atoms with Gasteiger partial charge in [-0.3, -0.25) is 9.10 Å². The summed E-state index contributed by atoms with van der Waals surface area (Å²) in [7, 11) is -0.107. The number of carbonyl (C=O) groups is 1. The highest BCUT2D eigenvalue weighted by Gasteiger charge is 2.31. The number of sulfonamides is 1. The molecule has 0 aliphatic carbocycles. The van der Waals surface area contributed by atoms with Gasteiger partial charge in [0.25, 0.3) is 0 Å². The van der Waals surface area contributed by atoms with Crippen LogP contribution in [0.1, 0.15) is 19.8 Å². The van der Waals surface area contributed by atoms with Gasteiger partial charge in [-0.05, 0) is 49.2 Å². The second kappa shape index (κ2) is 10.9. The Labute approximate surface area is 179 Å². The number of nitrogens with zero attached hydrogens (tertiary/aromatic N) is 2. The molecule has 0 aliphatic heterocycles. The molecule has 7 nitrogen and oxygen atoms in total. The molecule has 0 spiro atoms.